The van der Waals surface area contributed by atoms with Crippen LogP contribution in [0, 0.1) is 5.92 Å². The summed E-state index contributed by atoms with van der Waals surface area (Å²) in [6.07, 6.45) is 2.51. The summed E-state index contributed by atoms with van der Waals surface area (Å²) in [5, 5.41) is 3.51. The fourth-order valence-electron chi connectivity index (χ4n) is 3.70. The summed E-state index contributed by atoms with van der Waals surface area (Å²) in [5.74, 6) is 2.37. The number of nitrogens with zero attached hydrogens (tertiary/aromatic N) is 2. The van der Waals surface area contributed by atoms with Gasteiger partial charge in [-0.3, -0.25) is 9.79 Å². The number of likely N-dealkylation sites (tertiary alicyclic amines) is 1. The van der Waals surface area contributed by atoms with Crippen molar-refractivity contribution in [3.63, 3.8) is 0 Å². The summed E-state index contributed by atoms with van der Waals surface area (Å²) in [6.45, 7) is 6.82. The predicted octanol–water partition coefficient (Wildman–Crippen LogP) is 2.76. The Morgan fingerprint density at radius 1 is 1.31 bits per heavy atom. The quantitative estimate of drug-likeness (QED) is 0.329. The zero-order valence-electron chi connectivity index (χ0n) is 18.2. The van der Waals surface area contributed by atoms with Crippen molar-refractivity contribution in [2.45, 2.75) is 38.5 Å². The minimum Gasteiger partial charge on any atom is -0.493 e. The van der Waals surface area contributed by atoms with Crippen molar-refractivity contribution in [1.82, 2.24) is 10.2 Å². The normalized spacial score (nSPS) is 17.3. The number of piperidine rings is 1. The lowest BCUT2D eigenvalue weighted by Gasteiger charge is -2.36. The Kier molecular flexibility index (Phi) is 10.0. The Hall–Kier alpha value is -1.71. The zero-order valence-corrected chi connectivity index (χ0v) is 20.5. The van der Waals surface area contributed by atoms with Crippen LogP contribution < -0.4 is 20.5 Å². The van der Waals surface area contributed by atoms with E-state index >= 15 is 0 Å². The molecule has 0 saturated carbocycles. The second-order valence-electron chi connectivity index (χ2n) is 7.98. The van der Waals surface area contributed by atoms with Gasteiger partial charge in [0.2, 0.25) is 5.91 Å². The molecule has 164 valence electrons. The fourth-order valence-corrected chi connectivity index (χ4v) is 3.70. The number of hydrogen-bond donors (Lipinski definition) is 2. The number of rotatable bonds is 7. The number of carbonyl (C=O) groups is 1. The number of ether oxygens (including phenoxy) is 2. The Morgan fingerprint density at radius 2 is 2.00 bits per heavy atom. The molecule has 0 radical (unpaired) electrons. The number of guanidine groups is 1. The maximum Gasteiger partial charge on any atom is 0.217 e. The van der Waals surface area contributed by atoms with Gasteiger partial charge < -0.3 is 25.4 Å². The molecular formula is C21H35IN4O3. The van der Waals surface area contributed by atoms with Gasteiger partial charge >= 0.3 is 0 Å². The molecule has 1 fully saturated rings. The molecule has 1 aromatic carbocycles. The van der Waals surface area contributed by atoms with Crippen molar-refractivity contribution >= 4 is 35.8 Å². The summed E-state index contributed by atoms with van der Waals surface area (Å²) in [5.41, 5.74) is 6.39. The van der Waals surface area contributed by atoms with E-state index in [9.17, 15) is 4.79 Å². The average molecular weight is 518 g/mol. The van der Waals surface area contributed by atoms with Crippen molar-refractivity contribution in [1.29, 1.82) is 0 Å². The molecule has 3 N–H and O–H groups in total. The summed E-state index contributed by atoms with van der Waals surface area (Å²) in [7, 11) is 5.08. The number of hydrogen-bond acceptors (Lipinski definition) is 4. The third-order valence-electron chi connectivity index (χ3n) is 5.37. The highest BCUT2D eigenvalue weighted by Crippen LogP contribution is 2.33. The van der Waals surface area contributed by atoms with Crippen LogP contribution in [-0.2, 0) is 10.2 Å². The number of halogens is 1. The van der Waals surface area contributed by atoms with Crippen LogP contribution in [0.15, 0.2) is 23.2 Å². The SMILES string of the molecule is CN=C(NCC(C)(C)c1ccc(OC)c(OC)c1)N1CCCC(CC(N)=O)C1.I. The number of primary amides is 1. The van der Waals surface area contributed by atoms with E-state index in [2.05, 4.69) is 35.1 Å². The van der Waals surface area contributed by atoms with Crippen LogP contribution in [0.1, 0.15) is 38.7 Å². The van der Waals surface area contributed by atoms with Gasteiger partial charge in [0.1, 0.15) is 0 Å². The van der Waals surface area contributed by atoms with Gasteiger partial charge in [0.15, 0.2) is 17.5 Å². The van der Waals surface area contributed by atoms with Gasteiger partial charge in [0.05, 0.1) is 14.2 Å². The van der Waals surface area contributed by atoms with Gasteiger partial charge in [-0.25, -0.2) is 0 Å². The van der Waals surface area contributed by atoms with E-state index in [4.69, 9.17) is 15.2 Å². The number of carbonyl (C=O) groups excluding carboxylic acids is 1. The Labute approximate surface area is 191 Å². The maximum absolute atomic E-state index is 11.3. The molecule has 1 amide bonds. The Morgan fingerprint density at radius 3 is 2.59 bits per heavy atom. The third kappa shape index (κ3) is 6.94. The van der Waals surface area contributed by atoms with Gasteiger partial charge in [-0.05, 0) is 36.5 Å². The molecule has 1 atom stereocenters. The molecule has 7 nitrogen and oxygen atoms in total. The number of amides is 1. The van der Waals surface area contributed by atoms with Crippen LogP contribution in [0.25, 0.3) is 0 Å². The summed E-state index contributed by atoms with van der Waals surface area (Å²) in [4.78, 5) is 17.9. The minimum absolute atomic E-state index is 0. The van der Waals surface area contributed by atoms with E-state index in [-0.39, 0.29) is 35.3 Å². The van der Waals surface area contributed by atoms with Gasteiger partial charge in [-0.15, -0.1) is 24.0 Å². The average Bonchev–Trinajstić information content (AvgIpc) is 2.67. The first-order chi connectivity index (χ1) is 13.3. The van der Waals surface area contributed by atoms with Crippen molar-refractivity contribution in [3.8, 4) is 11.5 Å². The molecule has 8 heteroatoms. The Balaban J connectivity index is 0.00000420. The highest BCUT2D eigenvalue weighted by Gasteiger charge is 2.26. The predicted molar refractivity (Wildman–Crippen MR) is 127 cm³/mol. The number of benzene rings is 1. The number of nitrogens with two attached hydrogens (primary N) is 1. The molecule has 1 heterocycles. The molecule has 2 rings (SSSR count). The van der Waals surface area contributed by atoms with Crippen LogP contribution in [0.2, 0.25) is 0 Å². The molecule has 0 spiro atoms. The van der Waals surface area contributed by atoms with Gasteiger partial charge in [0, 0.05) is 38.5 Å². The smallest absolute Gasteiger partial charge is 0.217 e. The first-order valence-corrected chi connectivity index (χ1v) is 9.77. The van der Waals surface area contributed by atoms with E-state index < -0.39 is 0 Å². The summed E-state index contributed by atoms with van der Waals surface area (Å²) in [6, 6.07) is 6.02. The van der Waals surface area contributed by atoms with E-state index in [1.807, 2.05) is 12.1 Å². The van der Waals surface area contributed by atoms with Crippen molar-refractivity contribution in [3.05, 3.63) is 23.8 Å². The zero-order chi connectivity index (χ0) is 20.7. The fraction of sp³-hybridized carbons (Fsp3) is 0.619. The van der Waals surface area contributed by atoms with Crippen molar-refractivity contribution in [2.75, 3.05) is 40.9 Å². The van der Waals surface area contributed by atoms with Crippen molar-refractivity contribution in [2.24, 2.45) is 16.6 Å². The van der Waals surface area contributed by atoms with Crippen LogP contribution in [0.5, 0.6) is 11.5 Å². The molecule has 1 saturated heterocycles. The first kappa shape index (κ1) is 25.3. The topological polar surface area (TPSA) is 89.2 Å². The molecule has 1 unspecified atom stereocenters. The molecule has 0 aromatic heterocycles. The van der Waals surface area contributed by atoms with Crippen molar-refractivity contribution < 1.29 is 14.3 Å². The van der Waals surface area contributed by atoms with Gasteiger partial charge in [0.25, 0.3) is 0 Å². The molecule has 0 bridgehead atoms. The summed E-state index contributed by atoms with van der Waals surface area (Å²) < 4.78 is 10.8. The minimum atomic E-state index is -0.232. The van der Waals surface area contributed by atoms with Gasteiger partial charge in [-0.1, -0.05) is 19.9 Å². The van der Waals surface area contributed by atoms with Crippen LogP contribution in [0.4, 0.5) is 0 Å². The monoisotopic (exact) mass is 518 g/mol. The van der Waals surface area contributed by atoms with E-state index in [0.29, 0.717) is 18.9 Å². The Bertz CT molecular complexity index is 709. The highest BCUT2D eigenvalue weighted by atomic mass is 127. The number of nitrogens with one attached hydrogen (secondary N) is 1. The van der Waals surface area contributed by atoms with Gasteiger partial charge in [-0.2, -0.15) is 0 Å². The molecule has 0 aliphatic carbocycles. The standard InChI is InChI=1S/C21H34N4O3.HI/c1-21(2,16-8-9-17(27-4)18(12-16)28-5)14-24-20(23-3)25-10-6-7-15(13-25)11-19(22)26;/h8-9,12,15H,6-7,10-11,13-14H2,1-5H3,(H2,22,26)(H,23,24);1H. The maximum atomic E-state index is 11.3. The summed E-state index contributed by atoms with van der Waals surface area (Å²) >= 11 is 0. The third-order valence-corrected chi connectivity index (χ3v) is 5.37. The number of methoxy groups -OCH3 is 2. The van der Waals surface area contributed by atoms with Crippen LogP contribution in [0.3, 0.4) is 0 Å². The second kappa shape index (κ2) is 11.5. The molecule has 1 aliphatic rings. The molecule has 1 aliphatic heterocycles. The molecule has 29 heavy (non-hydrogen) atoms. The van der Waals surface area contributed by atoms with E-state index in [1.54, 1.807) is 21.3 Å². The lowest BCUT2D eigenvalue weighted by Crippen LogP contribution is -2.49. The lowest BCUT2D eigenvalue weighted by molar-refractivity contribution is -0.119. The molecule has 1 aromatic rings. The lowest BCUT2D eigenvalue weighted by atomic mass is 9.84. The number of aliphatic imine (C=N–C) groups is 1. The van der Waals surface area contributed by atoms with Crippen LogP contribution >= 0.6 is 24.0 Å². The largest absolute Gasteiger partial charge is 0.493 e. The van der Waals surface area contributed by atoms with Crippen LogP contribution in [-0.4, -0.2) is 57.7 Å². The first-order valence-electron chi connectivity index (χ1n) is 9.77. The molecular weight excluding hydrogens is 483 g/mol. The second-order valence-corrected chi connectivity index (χ2v) is 7.98. The highest BCUT2D eigenvalue weighted by molar-refractivity contribution is 14.0. The van der Waals surface area contributed by atoms with E-state index in [1.165, 1.54) is 0 Å². The van der Waals surface area contributed by atoms with E-state index in [0.717, 1.165) is 49.0 Å².